The summed E-state index contributed by atoms with van der Waals surface area (Å²) in [7, 11) is 0. The molecule has 0 saturated carbocycles. The number of aromatic nitrogens is 2. The maximum Gasteiger partial charge on any atom is 0.222 e. The van der Waals surface area contributed by atoms with Gasteiger partial charge in [-0.3, -0.25) is 9.78 Å². The van der Waals surface area contributed by atoms with E-state index in [1.807, 2.05) is 23.1 Å². The number of rotatable bonds is 6. The summed E-state index contributed by atoms with van der Waals surface area (Å²) in [6.07, 6.45) is 6.13. The molecule has 146 valence electrons. The van der Waals surface area contributed by atoms with Crippen LogP contribution in [-0.2, 0) is 11.3 Å². The summed E-state index contributed by atoms with van der Waals surface area (Å²) in [6.45, 7) is 2.53. The minimum atomic E-state index is 0. The predicted molar refractivity (Wildman–Crippen MR) is 115 cm³/mol. The van der Waals surface area contributed by atoms with Crippen LogP contribution in [0.3, 0.4) is 0 Å². The maximum absolute atomic E-state index is 11.9. The van der Waals surface area contributed by atoms with Crippen molar-refractivity contribution in [2.75, 3.05) is 13.1 Å². The smallest absolute Gasteiger partial charge is 0.222 e. The van der Waals surface area contributed by atoms with Crippen molar-refractivity contribution in [2.45, 2.75) is 25.8 Å². The van der Waals surface area contributed by atoms with E-state index in [1.165, 1.54) is 5.56 Å². The Morgan fingerprint density at radius 2 is 1.96 bits per heavy atom. The highest BCUT2D eigenvalue weighted by Crippen LogP contribution is 2.21. The fraction of sp³-hybridized carbons (Fsp3) is 0.286. The summed E-state index contributed by atoms with van der Waals surface area (Å²) in [4.78, 5) is 23.7. The van der Waals surface area contributed by atoms with Crippen LogP contribution in [0.15, 0.2) is 65.2 Å². The van der Waals surface area contributed by atoms with Crippen LogP contribution in [0.2, 0.25) is 0 Å². The molecule has 0 spiro atoms. The third-order valence-corrected chi connectivity index (χ3v) is 5.58. The molecule has 1 saturated heterocycles. The third kappa shape index (κ3) is 4.69. The highest BCUT2D eigenvalue weighted by Gasteiger charge is 2.19. The van der Waals surface area contributed by atoms with Crippen LogP contribution in [0.5, 0.6) is 0 Å². The van der Waals surface area contributed by atoms with E-state index in [-0.39, 0.29) is 18.3 Å². The molecule has 4 rings (SSSR count). The Morgan fingerprint density at radius 3 is 2.68 bits per heavy atom. The molecule has 3 aromatic rings. The summed E-state index contributed by atoms with van der Waals surface area (Å²) in [5.74, 6) is 0.286. The third-order valence-electron chi connectivity index (χ3n) is 4.72. The number of likely N-dealkylation sites (tertiary alicyclic amines) is 1. The van der Waals surface area contributed by atoms with Gasteiger partial charge in [-0.1, -0.05) is 30.3 Å². The molecule has 0 atom stereocenters. The van der Waals surface area contributed by atoms with Gasteiger partial charge in [-0.05, 0) is 30.5 Å². The second-order valence-electron chi connectivity index (χ2n) is 6.58. The van der Waals surface area contributed by atoms with Gasteiger partial charge in [0.1, 0.15) is 0 Å². The number of nitrogens with zero attached hydrogens (tertiary/aromatic N) is 4. The van der Waals surface area contributed by atoms with Gasteiger partial charge in [0, 0.05) is 37.6 Å². The van der Waals surface area contributed by atoms with Crippen molar-refractivity contribution < 1.29 is 4.79 Å². The van der Waals surface area contributed by atoms with E-state index in [4.69, 9.17) is 4.99 Å². The Labute approximate surface area is 174 Å². The summed E-state index contributed by atoms with van der Waals surface area (Å²) < 4.78 is 2.26. The number of pyridine rings is 1. The number of benzene rings is 1. The fourth-order valence-corrected chi connectivity index (χ4v) is 4.32. The Morgan fingerprint density at radius 1 is 1.11 bits per heavy atom. The highest BCUT2D eigenvalue weighted by molar-refractivity contribution is 7.07. The molecule has 2 aromatic heterocycles. The van der Waals surface area contributed by atoms with E-state index in [2.05, 4.69) is 39.2 Å². The van der Waals surface area contributed by atoms with Crippen molar-refractivity contribution in [1.82, 2.24) is 14.5 Å². The molecule has 1 aromatic carbocycles. The minimum Gasteiger partial charge on any atom is -0.343 e. The van der Waals surface area contributed by atoms with E-state index in [9.17, 15) is 4.79 Å². The van der Waals surface area contributed by atoms with Crippen LogP contribution in [0.4, 0.5) is 5.69 Å². The van der Waals surface area contributed by atoms with Crippen LogP contribution in [-0.4, -0.2) is 33.4 Å². The zero-order valence-electron chi connectivity index (χ0n) is 15.5. The zero-order valence-corrected chi connectivity index (χ0v) is 17.2. The first-order valence-electron chi connectivity index (χ1n) is 9.27. The first kappa shape index (κ1) is 20.3. The fourth-order valence-electron chi connectivity index (χ4n) is 3.36. The lowest BCUT2D eigenvalue weighted by Gasteiger charge is -2.16. The van der Waals surface area contributed by atoms with Crippen molar-refractivity contribution >= 4 is 35.3 Å². The van der Waals surface area contributed by atoms with Crippen LogP contribution >= 0.6 is 23.7 Å². The second kappa shape index (κ2) is 9.66. The Kier molecular flexibility index (Phi) is 7.01. The topological polar surface area (TPSA) is 50.5 Å². The normalized spacial score (nSPS) is 14.4. The summed E-state index contributed by atoms with van der Waals surface area (Å²) >= 11 is 1.64. The molecular weight excluding hydrogens is 392 g/mol. The lowest BCUT2D eigenvalue weighted by molar-refractivity contribution is -0.127. The molecule has 3 heterocycles. The number of carbonyl (C=O) groups is 1. The molecule has 1 aliphatic heterocycles. The molecule has 28 heavy (non-hydrogen) atoms. The summed E-state index contributed by atoms with van der Waals surface area (Å²) in [5, 5.41) is 2.16. The Balaban J connectivity index is 0.00000225. The average molecular weight is 415 g/mol. The van der Waals surface area contributed by atoms with Crippen molar-refractivity contribution in [2.24, 2.45) is 4.99 Å². The Hall–Kier alpha value is -2.44. The SMILES string of the molecule is Cl.O=C1CCCN1CCCn1c(-c2ccccc2)csc1=Nc1cccnc1. The molecule has 5 nitrogen and oxygen atoms in total. The van der Waals surface area contributed by atoms with E-state index < -0.39 is 0 Å². The second-order valence-corrected chi connectivity index (χ2v) is 7.42. The lowest BCUT2D eigenvalue weighted by atomic mass is 10.2. The number of hydrogen-bond acceptors (Lipinski definition) is 4. The van der Waals surface area contributed by atoms with E-state index in [0.717, 1.165) is 48.7 Å². The molecule has 1 amide bonds. The monoisotopic (exact) mass is 414 g/mol. The van der Waals surface area contributed by atoms with Gasteiger partial charge in [0.15, 0.2) is 4.80 Å². The van der Waals surface area contributed by atoms with Crippen molar-refractivity contribution in [3.63, 3.8) is 0 Å². The van der Waals surface area contributed by atoms with Crippen LogP contribution in [0.1, 0.15) is 19.3 Å². The molecule has 7 heteroatoms. The van der Waals surface area contributed by atoms with Crippen LogP contribution < -0.4 is 4.80 Å². The van der Waals surface area contributed by atoms with Gasteiger partial charge in [-0.25, -0.2) is 4.99 Å². The number of carbonyl (C=O) groups excluding carboxylic acids is 1. The van der Waals surface area contributed by atoms with Crippen LogP contribution in [0.25, 0.3) is 11.3 Å². The average Bonchev–Trinajstić information content (AvgIpc) is 3.30. The molecule has 1 fully saturated rings. The summed E-state index contributed by atoms with van der Waals surface area (Å²) in [5.41, 5.74) is 3.19. The lowest BCUT2D eigenvalue weighted by Crippen LogP contribution is -2.27. The molecule has 0 bridgehead atoms. The first-order valence-corrected chi connectivity index (χ1v) is 10.2. The predicted octanol–water partition coefficient (Wildman–Crippen LogP) is 4.28. The molecule has 1 aliphatic rings. The van der Waals surface area contributed by atoms with Gasteiger partial charge in [0.05, 0.1) is 17.6 Å². The highest BCUT2D eigenvalue weighted by atomic mass is 35.5. The van der Waals surface area contributed by atoms with Gasteiger partial charge in [-0.15, -0.1) is 23.7 Å². The molecule has 0 N–H and O–H groups in total. The van der Waals surface area contributed by atoms with Gasteiger partial charge < -0.3 is 9.47 Å². The molecule has 0 unspecified atom stereocenters. The minimum absolute atomic E-state index is 0. The number of thiazole rings is 1. The van der Waals surface area contributed by atoms with Gasteiger partial charge in [0.2, 0.25) is 5.91 Å². The van der Waals surface area contributed by atoms with Gasteiger partial charge in [-0.2, -0.15) is 0 Å². The Bertz CT molecular complexity index is 969. The quantitative estimate of drug-likeness (QED) is 0.604. The molecule has 0 radical (unpaired) electrons. The van der Waals surface area contributed by atoms with Crippen molar-refractivity contribution in [3.05, 3.63) is 65.0 Å². The van der Waals surface area contributed by atoms with Crippen molar-refractivity contribution in [3.8, 4) is 11.3 Å². The standard InChI is InChI=1S/C21H22N4OS.ClH/c26-20-10-5-12-24(20)13-6-14-25-19(17-7-2-1-3-8-17)16-27-21(25)23-18-9-4-11-22-15-18;/h1-4,7-9,11,15-16H,5-6,10,12-14H2;1H. The largest absolute Gasteiger partial charge is 0.343 e. The van der Waals surface area contributed by atoms with E-state index in [1.54, 1.807) is 23.7 Å². The first-order chi connectivity index (χ1) is 13.3. The number of amides is 1. The van der Waals surface area contributed by atoms with E-state index in [0.29, 0.717) is 6.42 Å². The molecule has 0 aliphatic carbocycles. The van der Waals surface area contributed by atoms with Crippen LogP contribution in [0, 0.1) is 0 Å². The maximum atomic E-state index is 11.9. The summed E-state index contributed by atoms with van der Waals surface area (Å²) in [6, 6.07) is 14.2. The van der Waals surface area contributed by atoms with E-state index >= 15 is 0 Å². The number of hydrogen-bond donors (Lipinski definition) is 0. The zero-order chi connectivity index (χ0) is 18.5. The van der Waals surface area contributed by atoms with Gasteiger partial charge >= 0.3 is 0 Å². The van der Waals surface area contributed by atoms with Crippen molar-refractivity contribution in [1.29, 1.82) is 0 Å². The van der Waals surface area contributed by atoms with Gasteiger partial charge in [0.25, 0.3) is 0 Å². The molecular formula is C21H23ClN4OS. The number of halogens is 1.